The van der Waals surface area contributed by atoms with Crippen LogP contribution in [-0.4, -0.2) is 15.9 Å². The van der Waals surface area contributed by atoms with Gasteiger partial charge in [-0.15, -0.1) is 0 Å². The summed E-state index contributed by atoms with van der Waals surface area (Å²) >= 11 is 5.36. The molecule has 0 amide bonds. The van der Waals surface area contributed by atoms with Gasteiger partial charge in [-0.1, -0.05) is 48.0 Å². The van der Waals surface area contributed by atoms with E-state index in [9.17, 15) is 0 Å². The highest BCUT2D eigenvalue weighted by atomic mass is 32.1. The minimum absolute atomic E-state index is 0.472. The fourth-order valence-corrected chi connectivity index (χ4v) is 3.04. The van der Waals surface area contributed by atoms with Gasteiger partial charge in [-0.25, -0.2) is 0 Å². The highest BCUT2D eigenvalue weighted by Crippen LogP contribution is 2.19. The lowest BCUT2D eigenvalue weighted by atomic mass is 10.1. The summed E-state index contributed by atoms with van der Waals surface area (Å²) in [5.41, 5.74) is 9.75. The van der Waals surface area contributed by atoms with Crippen LogP contribution in [0.3, 0.4) is 0 Å². The molecule has 3 rings (SSSR count). The van der Waals surface area contributed by atoms with E-state index >= 15 is 0 Å². The van der Waals surface area contributed by atoms with Crippen LogP contribution in [-0.2, 0) is 6.54 Å². The Morgan fingerprint density at radius 3 is 2.41 bits per heavy atom. The van der Waals surface area contributed by atoms with Crippen molar-refractivity contribution in [1.29, 1.82) is 0 Å². The molecule has 2 aromatic carbocycles. The number of para-hydroxylation sites is 1. The molecule has 0 atom stereocenters. The molecule has 1 heterocycles. The quantitative estimate of drug-likeness (QED) is 0.382. The van der Waals surface area contributed by atoms with Crippen LogP contribution in [0.4, 0.5) is 5.69 Å². The predicted octanol–water partition coefficient (Wildman–Crippen LogP) is 4.78. The molecular weight excluding hydrogens is 352 g/mol. The SMILES string of the molecule is Cc1ccc(Cn2cccc2C=NNC(=S)Nc2c(C)cccc2C)cc1. The molecule has 2 N–H and O–H groups in total. The van der Waals surface area contributed by atoms with E-state index in [1.54, 1.807) is 6.21 Å². The van der Waals surface area contributed by atoms with E-state index in [0.717, 1.165) is 29.1 Å². The Bertz CT molecular complexity index is 934. The third-order valence-corrected chi connectivity index (χ3v) is 4.61. The summed E-state index contributed by atoms with van der Waals surface area (Å²) in [5.74, 6) is 0. The second kappa shape index (κ2) is 8.64. The van der Waals surface area contributed by atoms with Gasteiger partial charge in [-0.3, -0.25) is 5.43 Å². The van der Waals surface area contributed by atoms with Crippen molar-refractivity contribution in [3.63, 3.8) is 0 Å². The minimum atomic E-state index is 0.472. The van der Waals surface area contributed by atoms with Gasteiger partial charge in [0.1, 0.15) is 0 Å². The maximum absolute atomic E-state index is 5.36. The molecule has 138 valence electrons. The number of aromatic nitrogens is 1. The summed E-state index contributed by atoms with van der Waals surface area (Å²) in [6, 6.07) is 18.8. The molecule has 0 spiro atoms. The van der Waals surface area contributed by atoms with E-state index < -0.39 is 0 Å². The van der Waals surface area contributed by atoms with E-state index in [2.05, 4.69) is 83.8 Å². The second-order valence-electron chi connectivity index (χ2n) is 6.64. The number of hydrogen-bond donors (Lipinski definition) is 2. The fraction of sp³-hybridized carbons (Fsp3) is 0.182. The standard InChI is InChI=1S/C22H24N4S/c1-16-9-11-19(12-10-16)15-26-13-5-8-20(26)14-23-25-22(27)24-21-17(2)6-4-7-18(21)3/h4-14H,15H2,1-3H3,(H2,24,25,27). The number of hydrogen-bond acceptors (Lipinski definition) is 2. The van der Waals surface area contributed by atoms with Gasteiger partial charge < -0.3 is 9.88 Å². The molecule has 0 aliphatic rings. The Morgan fingerprint density at radius 2 is 1.70 bits per heavy atom. The smallest absolute Gasteiger partial charge is 0.191 e. The van der Waals surface area contributed by atoms with Crippen molar-refractivity contribution in [2.75, 3.05) is 5.32 Å². The first-order chi connectivity index (χ1) is 13.0. The summed E-state index contributed by atoms with van der Waals surface area (Å²) < 4.78 is 2.15. The highest BCUT2D eigenvalue weighted by molar-refractivity contribution is 7.80. The minimum Gasteiger partial charge on any atom is -0.342 e. The third kappa shape index (κ3) is 5.05. The first-order valence-electron chi connectivity index (χ1n) is 8.90. The summed E-state index contributed by atoms with van der Waals surface area (Å²) in [5, 5.41) is 7.98. The summed E-state index contributed by atoms with van der Waals surface area (Å²) in [6.45, 7) is 7.01. The van der Waals surface area contributed by atoms with Crippen LogP contribution >= 0.6 is 12.2 Å². The number of nitrogens with one attached hydrogen (secondary N) is 2. The molecule has 0 aliphatic heterocycles. The van der Waals surface area contributed by atoms with Crippen LogP contribution in [0.15, 0.2) is 65.9 Å². The largest absolute Gasteiger partial charge is 0.342 e. The number of rotatable bonds is 5. The van der Waals surface area contributed by atoms with Crippen molar-refractivity contribution in [3.05, 3.63) is 88.7 Å². The van der Waals surface area contributed by atoms with Crippen LogP contribution < -0.4 is 10.7 Å². The van der Waals surface area contributed by atoms with Crippen molar-refractivity contribution in [2.45, 2.75) is 27.3 Å². The Hall–Kier alpha value is -2.92. The average molecular weight is 377 g/mol. The van der Waals surface area contributed by atoms with Crippen molar-refractivity contribution < 1.29 is 0 Å². The number of nitrogens with zero attached hydrogens (tertiary/aromatic N) is 2. The van der Waals surface area contributed by atoms with Crippen molar-refractivity contribution in [3.8, 4) is 0 Å². The van der Waals surface area contributed by atoms with Gasteiger partial charge in [-0.2, -0.15) is 5.10 Å². The number of anilines is 1. The van der Waals surface area contributed by atoms with Crippen LogP contribution in [0.2, 0.25) is 0 Å². The number of hydrazone groups is 1. The van der Waals surface area contributed by atoms with Gasteiger partial charge in [0.05, 0.1) is 11.9 Å². The molecule has 0 fully saturated rings. The van der Waals surface area contributed by atoms with Gasteiger partial charge in [-0.05, 0) is 61.8 Å². The van der Waals surface area contributed by atoms with Crippen molar-refractivity contribution in [2.24, 2.45) is 5.10 Å². The zero-order valence-electron chi connectivity index (χ0n) is 15.9. The van der Waals surface area contributed by atoms with Gasteiger partial charge in [0.2, 0.25) is 0 Å². The first-order valence-corrected chi connectivity index (χ1v) is 9.31. The molecule has 0 radical (unpaired) electrons. The van der Waals surface area contributed by atoms with Crippen LogP contribution in [0, 0.1) is 20.8 Å². The van der Waals surface area contributed by atoms with Crippen molar-refractivity contribution in [1.82, 2.24) is 9.99 Å². The predicted molar refractivity (Wildman–Crippen MR) is 118 cm³/mol. The van der Waals surface area contributed by atoms with Crippen molar-refractivity contribution >= 4 is 29.2 Å². The topological polar surface area (TPSA) is 41.4 Å². The fourth-order valence-electron chi connectivity index (χ4n) is 2.89. The normalized spacial score (nSPS) is 10.9. The molecule has 1 aromatic heterocycles. The molecule has 27 heavy (non-hydrogen) atoms. The second-order valence-corrected chi connectivity index (χ2v) is 7.05. The van der Waals surface area contributed by atoms with E-state index in [4.69, 9.17) is 12.2 Å². The van der Waals surface area contributed by atoms with Gasteiger partial charge in [0.15, 0.2) is 5.11 Å². The zero-order chi connectivity index (χ0) is 19.2. The molecular formula is C22H24N4S. The Morgan fingerprint density at radius 1 is 1.00 bits per heavy atom. The summed E-state index contributed by atoms with van der Waals surface area (Å²) in [7, 11) is 0. The maximum atomic E-state index is 5.36. The Kier molecular flexibility index (Phi) is 6.04. The van der Waals surface area contributed by atoms with Gasteiger partial charge >= 0.3 is 0 Å². The average Bonchev–Trinajstić information content (AvgIpc) is 3.07. The molecule has 0 saturated carbocycles. The van der Waals surface area contributed by atoms with E-state index in [1.807, 2.05) is 18.2 Å². The molecule has 0 bridgehead atoms. The molecule has 3 aromatic rings. The first kappa shape index (κ1) is 18.9. The molecule has 5 heteroatoms. The zero-order valence-corrected chi connectivity index (χ0v) is 16.7. The Labute approximate surface area is 165 Å². The van der Waals surface area contributed by atoms with E-state index in [-0.39, 0.29) is 0 Å². The Balaban J connectivity index is 1.61. The van der Waals surface area contributed by atoms with Crippen LogP contribution in [0.5, 0.6) is 0 Å². The molecule has 0 unspecified atom stereocenters. The van der Waals surface area contributed by atoms with E-state index in [1.165, 1.54) is 11.1 Å². The summed E-state index contributed by atoms with van der Waals surface area (Å²) in [4.78, 5) is 0. The number of benzene rings is 2. The maximum Gasteiger partial charge on any atom is 0.191 e. The van der Waals surface area contributed by atoms with Crippen LogP contribution in [0.1, 0.15) is 27.9 Å². The number of thiocarbonyl (C=S) groups is 1. The molecule has 0 saturated heterocycles. The van der Waals surface area contributed by atoms with Gasteiger partial charge in [0.25, 0.3) is 0 Å². The monoisotopic (exact) mass is 376 g/mol. The van der Waals surface area contributed by atoms with Gasteiger partial charge in [0, 0.05) is 18.4 Å². The third-order valence-electron chi connectivity index (χ3n) is 4.42. The lowest BCUT2D eigenvalue weighted by Gasteiger charge is -2.12. The summed E-state index contributed by atoms with van der Waals surface area (Å²) in [6.07, 6.45) is 3.83. The van der Waals surface area contributed by atoms with E-state index in [0.29, 0.717) is 5.11 Å². The number of aryl methyl sites for hydroxylation is 3. The molecule has 0 aliphatic carbocycles. The lowest BCUT2D eigenvalue weighted by Crippen LogP contribution is -2.24. The lowest BCUT2D eigenvalue weighted by molar-refractivity contribution is 0.798. The van der Waals surface area contributed by atoms with Crippen LogP contribution in [0.25, 0.3) is 0 Å². The molecule has 4 nitrogen and oxygen atoms in total. The highest BCUT2D eigenvalue weighted by Gasteiger charge is 2.04.